The van der Waals surface area contributed by atoms with E-state index in [2.05, 4.69) is 18.8 Å². The number of aliphatic imine (C=N–C) groups is 1. The van der Waals surface area contributed by atoms with Crippen LogP contribution in [0.5, 0.6) is 0 Å². The maximum Gasteiger partial charge on any atom is 0.290 e. The summed E-state index contributed by atoms with van der Waals surface area (Å²) in [5.41, 5.74) is 7.72. The molecule has 2 N–H and O–H groups in total. The molecule has 2 heterocycles. The Morgan fingerprint density at radius 1 is 1.28 bits per heavy atom. The van der Waals surface area contributed by atoms with Gasteiger partial charge in [0.2, 0.25) is 0 Å². The van der Waals surface area contributed by atoms with Gasteiger partial charge in [0, 0.05) is 42.2 Å². The first-order chi connectivity index (χ1) is 12.0. The summed E-state index contributed by atoms with van der Waals surface area (Å²) in [6.45, 7) is 4.16. The Hall–Kier alpha value is -2.93. The maximum atomic E-state index is 12.5. The van der Waals surface area contributed by atoms with Gasteiger partial charge >= 0.3 is 0 Å². The SMILES string of the molecule is CCC(C)N1C=C(C=Cc2c[n+]([O-])c3ccccc3[n+]2[O-])C=NC1N. The molecule has 0 amide bonds. The summed E-state index contributed by atoms with van der Waals surface area (Å²) in [5, 5.41) is 24.5. The van der Waals surface area contributed by atoms with Crippen LogP contribution in [0.3, 0.4) is 0 Å². The van der Waals surface area contributed by atoms with Crippen molar-refractivity contribution >= 4 is 23.3 Å². The quantitative estimate of drug-likeness (QED) is 0.673. The van der Waals surface area contributed by atoms with Gasteiger partial charge in [-0.25, -0.2) is 0 Å². The van der Waals surface area contributed by atoms with Crippen molar-refractivity contribution in [1.82, 2.24) is 4.90 Å². The predicted molar refractivity (Wildman–Crippen MR) is 97.0 cm³/mol. The number of allylic oxidation sites excluding steroid dienone is 2. The predicted octanol–water partition coefficient (Wildman–Crippen LogP) is 1.43. The number of fused-ring (bicyclic) bond motifs is 1. The third-order valence-corrected chi connectivity index (χ3v) is 4.35. The van der Waals surface area contributed by atoms with Crippen LogP contribution in [0.1, 0.15) is 26.0 Å². The fraction of sp³-hybridized carbons (Fsp3) is 0.278. The van der Waals surface area contributed by atoms with E-state index in [0.29, 0.717) is 15.8 Å². The molecule has 2 aromatic rings. The zero-order valence-electron chi connectivity index (χ0n) is 14.2. The summed E-state index contributed by atoms with van der Waals surface area (Å²) in [5.74, 6) is 0. The Morgan fingerprint density at radius 3 is 2.72 bits per heavy atom. The second-order valence-electron chi connectivity index (χ2n) is 6.02. The summed E-state index contributed by atoms with van der Waals surface area (Å²) in [7, 11) is 0. The van der Waals surface area contributed by atoms with Gasteiger partial charge in [-0.15, -0.1) is 0 Å². The van der Waals surface area contributed by atoms with E-state index in [0.717, 1.165) is 16.7 Å². The van der Waals surface area contributed by atoms with Crippen LogP contribution in [0.2, 0.25) is 0 Å². The highest BCUT2D eigenvalue weighted by Crippen LogP contribution is 2.15. The van der Waals surface area contributed by atoms with Gasteiger partial charge in [0.25, 0.3) is 22.9 Å². The molecule has 0 bridgehead atoms. The molecule has 0 aliphatic carbocycles. The van der Waals surface area contributed by atoms with Crippen LogP contribution in [-0.4, -0.2) is 23.4 Å². The zero-order chi connectivity index (χ0) is 18.0. The largest absolute Gasteiger partial charge is 0.618 e. The number of benzene rings is 1. The second kappa shape index (κ2) is 6.90. The van der Waals surface area contributed by atoms with Crippen molar-refractivity contribution in [1.29, 1.82) is 0 Å². The van der Waals surface area contributed by atoms with Crippen molar-refractivity contribution in [2.75, 3.05) is 0 Å². The normalized spacial score (nSPS) is 18.8. The first-order valence-electron chi connectivity index (χ1n) is 8.22. The van der Waals surface area contributed by atoms with Crippen LogP contribution in [0, 0.1) is 10.4 Å². The summed E-state index contributed by atoms with van der Waals surface area (Å²) in [4.78, 5) is 6.24. The van der Waals surface area contributed by atoms with Crippen molar-refractivity contribution in [3.05, 3.63) is 64.4 Å². The number of aromatic nitrogens is 2. The number of nitrogens with zero attached hydrogens (tertiary/aromatic N) is 4. The molecule has 0 radical (unpaired) electrons. The summed E-state index contributed by atoms with van der Waals surface area (Å²) < 4.78 is 1.45. The third-order valence-electron chi connectivity index (χ3n) is 4.35. The third kappa shape index (κ3) is 3.32. The number of nitrogens with two attached hydrogens (primary N) is 1. The van der Waals surface area contributed by atoms with Gasteiger partial charge in [-0.05, 0) is 19.4 Å². The fourth-order valence-corrected chi connectivity index (χ4v) is 2.70. The van der Waals surface area contributed by atoms with Crippen molar-refractivity contribution in [2.45, 2.75) is 32.6 Å². The summed E-state index contributed by atoms with van der Waals surface area (Å²) in [6, 6.07) is 6.95. The van der Waals surface area contributed by atoms with Crippen molar-refractivity contribution in [3.8, 4) is 0 Å². The Bertz CT molecular complexity index is 875. The topological polar surface area (TPSA) is 95.5 Å². The molecule has 1 aromatic carbocycles. The minimum Gasteiger partial charge on any atom is -0.618 e. The van der Waals surface area contributed by atoms with Crippen LogP contribution >= 0.6 is 0 Å². The number of rotatable bonds is 4. The molecule has 3 rings (SSSR count). The highest BCUT2D eigenvalue weighted by atomic mass is 16.5. The monoisotopic (exact) mass is 339 g/mol. The van der Waals surface area contributed by atoms with E-state index in [1.807, 2.05) is 11.1 Å². The van der Waals surface area contributed by atoms with Crippen LogP contribution in [-0.2, 0) is 0 Å². The van der Waals surface area contributed by atoms with Crippen molar-refractivity contribution < 1.29 is 9.46 Å². The number of hydrogen-bond acceptors (Lipinski definition) is 5. The van der Waals surface area contributed by atoms with E-state index in [4.69, 9.17) is 5.73 Å². The van der Waals surface area contributed by atoms with Crippen LogP contribution in [0.15, 0.2) is 53.3 Å². The molecule has 1 aromatic heterocycles. The van der Waals surface area contributed by atoms with E-state index >= 15 is 0 Å². The average Bonchev–Trinajstić information content (AvgIpc) is 2.64. The van der Waals surface area contributed by atoms with Gasteiger partial charge in [-0.1, -0.05) is 19.1 Å². The minimum absolute atomic E-state index is 0.254. The van der Waals surface area contributed by atoms with E-state index in [1.54, 1.807) is 42.6 Å². The Balaban J connectivity index is 1.93. The van der Waals surface area contributed by atoms with Crippen LogP contribution in [0.4, 0.5) is 0 Å². The molecule has 1 aliphatic heterocycles. The fourth-order valence-electron chi connectivity index (χ4n) is 2.70. The van der Waals surface area contributed by atoms with Crippen LogP contribution < -0.4 is 15.2 Å². The van der Waals surface area contributed by atoms with E-state index in [9.17, 15) is 10.4 Å². The molecule has 25 heavy (non-hydrogen) atoms. The highest BCUT2D eigenvalue weighted by Gasteiger charge is 2.19. The van der Waals surface area contributed by atoms with Gasteiger partial charge in [0.1, 0.15) is 0 Å². The molecule has 2 unspecified atom stereocenters. The molecule has 1 aliphatic rings. The smallest absolute Gasteiger partial charge is 0.290 e. The van der Waals surface area contributed by atoms with E-state index < -0.39 is 6.29 Å². The number of para-hydroxylation sites is 2. The lowest BCUT2D eigenvalue weighted by Gasteiger charge is -2.32. The lowest BCUT2D eigenvalue weighted by Crippen LogP contribution is -2.44. The van der Waals surface area contributed by atoms with E-state index in [1.165, 1.54) is 6.20 Å². The molecule has 7 heteroatoms. The van der Waals surface area contributed by atoms with Gasteiger partial charge in [0.05, 0.1) is 0 Å². The van der Waals surface area contributed by atoms with Gasteiger partial charge < -0.3 is 15.3 Å². The van der Waals surface area contributed by atoms with Crippen molar-refractivity contribution in [3.63, 3.8) is 0 Å². The highest BCUT2D eigenvalue weighted by molar-refractivity contribution is 5.84. The molecule has 7 nitrogen and oxygen atoms in total. The average molecular weight is 339 g/mol. The Morgan fingerprint density at radius 2 is 2.00 bits per heavy atom. The first kappa shape index (κ1) is 16.9. The first-order valence-corrected chi connectivity index (χ1v) is 8.22. The number of hydrogen-bond donors (Lipinski definition) is 1. The molecular weight excluding hydrogens is 318 g/mol. The lowest BCUT2D eigenvalue weighted by molar-refractivity contribution is -0.630. The summed E-state index contributed by atoms with van der Waals surface area (Å²) >= 11 is 0. The molecule has 0 fully saturated rings. The maximum absolute atomic E-state index is 12.5. The van der Waals surface area contributed by atoms with Gasteiger partial charge in [-0.3, -0.25) is 10.7 Å². The van der Waals surface area contributed by atoms with E-state index in [-0.39, 0.29) is 11.7 Å². The van der Waals surface area contributed by atoms with Gasteiger partial charge in [-0.2, -0.15) is 9.46 Å². The molecule has 130 valence electrons. The molecule has 0 saturated carbocycles. The minimum atomic E-state index is -0.402. The van der Waals surface area contributed by atoms with Crippen molar-refractivity contribution in [2.24, 2.45) is 10.7 Å². The molecule has 0 saturated heterocycles. The van der Waals surface area contributed by atoms with Gasteiger partial charge in [0.15, 0.2) is 6.29 Å². The molecule has 0 spiro atoms. The standard InChI is InChI=1S/C18H21N5O2/c1-3-13(2)21-11-14(10-20-18(21)19)8-9-15-12-22(24)16-6-4-5-7-17(16)23(15)25/h4-13,18H,3,19H2,1-2H3. The zero-order valence-corrected chi connectivity index (χ0v) is 14.2. The molecule has 2 atom stereocenters. The molecular formula is C18H21N5O2. The second-order valence-corrected chi connectivity index (χ2v) is 6.02. The van der Waals surface area contributed by atoms with Crippen LogP contribution in [0.25, 0.3) is 17.1 Å². The Kier molecular flexibility index (Phi) is 4.67. The Labute approximate surface area is 146 Å². The summed E-state index contributed by atoms with van der Waals surface area (Å²) in [6.07, 6.45) is 8.76. The lowest BCUT2D eigenvalue weighted by atomic mass is 10.2.